The number of amides is 1. The lowest BCUT2D eigenvalue weighted by Crippen LogP contribution is -2.31. The van der Waals surface area contributed by atoms with Crippen LogP contribution in [0.2, 0.25) is 0 Å². The summed E-state index contributed by atoms with van der Waals surface area (Å²) in [5.74, 6) is 1.59. The molecular formula is C18H21N3O4S. The zero-order valence-corrected chi connectivity index (χ0v) is 15.7. The van der Waals surface area contributed by atoms with Crippen molar-refractivity contribution in [3.05, 3.63) is 39.7 Å². The molecule has 138 valence electrons. The fourth-order valence-electron chi connectivity index (χ4n) is 3.07. The van der Waals surface area contributed by atoms with E-state index in [2.05, 4.69) is 22.2 Å². The molecule has 0 unspecified atom stereocenters. The van der Waals surface area contributed by atoms with Crippen LogP contribution in [0.4, 0.5) is 5.82 Å². The number of methoxy groups -OCH3 is 2. The van der Waals surface area contributed by atoms with Crippen molar-refractivity contribution >= 4 is 23.5 Å². The highest BCUT2D eigenvalue weighted by molar-refractivity contribution is 7.99. The fourth-order valence-corrected chi connectivity index (χ4v) is 3.79. The summed E-state index contributed by atoms with van der Waals surface area (Å²) in [4.78, 5) is 32.3. The van der Waals surface area contributed by atoms with E-state index in [1.165, 1.54) is 18.9 Å². The molecule has 0 fully saturated rings. The summed E-state index contributed by atoms with van der Waals surface area (Å²) in [6.07, 6.45) is 1.10. The van der Waals surface area contributed by atoms with Gasteiger partial charge in [0.1, 0.15) is 5.82 Å². The first-order valence-corrected chi connectivity index (χ1v) is 9.35. The zero-order valence-electron chi connectivity index (χ0n) is 14.9. The van der Waals surface area contributed by atoms with E-state index in [0.29, 0.717) is 28.0 Å². The molecular weight excluding hydrogens is 354 g/mol. The van der Waals surface area contributed by atoms with E-state index in [9.17, 15) is 9.59 Å². The first-order valence-electron chi connectivity index (χ1n) is 8.36. The number of para-hydroxylation sites is 1. The molecule has 7 nitrogen and oxygen atoms in total. The Labute approximate surface area is 155 Å². The van der Waals surface area contributed by atoms with Crippen molar-refractivity contribution in [2.24, 2.45) is 0 Å². The lowest BCUT2D eigenvalue weighted by Gasteiger charge is -2.26. The lowest BCUT2D eigenvalue weighted by atomic mass is 9.86. The fraction of sp³-hybridized carbons (Fsp3) is 0.389. The Hall–Kier alpha value is -2.48. The number of hydrogen-bond acceptors (Lipinski definition) is 6. The number of H-pyrrole nitrogens is 1. The SMILES string of the molecule is CCCSc1nc2c(c(=O)[nH]1)[C@@H](c1cccc(OC)c1OC)CC(=O)N2. The lowest BCUT2D eigenvalue weighted by molar-refractivity contribution is -0.116. The van der Waals surface area contributed by atoms with Crippen LogP contribution in [0.1, 0.15) is 36.8 Å². The van der Waals surface area contributed by atoms with Gasteiger partial charge in [0.15, 0.2) is 16.7 Å². The summed E-state index contributed by atoms with van der Waals surface area (Å²) in [6.45, 7) is 2.05. The molecule has 0 radical (unpaired) electrons. The monoisotopic (exact) mass is 375 g/mol. The van der Waals surface area contributed by atoms with Crippen LogP contribution in [-0.2, 0) is 4.79 Å². The Morgan fingerprint density at radius 1 is 1.27 bits per heavy atom. The van der Waals surface area contributed by atoms with E-state index in [1.807, 2.05) is 12.1 Å². The quantitative estimate of drug-likeness (QED) is 0.596. The highest BCUT2D eigenvalue weighted by Crippen LogP contribution is 2.42. The van der Waals surface area contributed by atoms with Crippen LogP contribution in [-0.4, -0.2) is 35.8 Å². The van der Waals surface area contributed by atoms with Gasteiger partial charge in [0, 0.05) is 23.7 Å². The number of anilines is 1. The van der Waals surface area contributed by atoms with Crippen LogP contribution < -0.4 is 20.3 Å². The zero-order chi connectivity index (χ0) is 18.7. The van der Waals surface area contributed by atoms with Crippen molar-refractivity contribution < 1.29 is 14.3 Å². The van der Waals surface area contributed by atoms with Crippen LogP contribution in [0.25, 0.3) is 0 Å². The van der Waals surface area contributed by atoms with Crippen LogP contribution >= 0.6 is 11.8 Å². The largest absolute Gasteiger partial charge is 0.493 e. The number of benzene rings is 1. The molecule has 8 heteroatoms. The van der Waals surface area contributed by atoms with Crippen LogP contribution in [0.5, 0.6) is 11.5 Å². The summed E-state index contributed by atoms with van der Waals surface area (Å²) in [5, 5.41) is 3.24. The maximum atomic E-state index is 12.8. The Bertz CT molecular complexity index is 881. The molecule has 0 spiro atoms. The molecule has 26 heavy (non-hydrogen) atoms. The molecule has 1 aliphatic rings. The van der Waals surface area contributed by atoms with E-state index in [4.69, 9.17) is 9.47 Å². The summed E-state index contributed by atoms with van der Waals surface area (Å²) < 4.78 is 10.8. The Morgan fingerprint density at radius 2 is 2.08 bits per heavy atom. The topological polar surface area (TPSA) is 93.3 Å². The smallest absolute Gasteiger partial charge is 0.257 e. The average molecular weight is 375 g/mol. The molecule has 0 saturated carbocycles. The van der Waals surface area contributed by atoms with Crippen LogP contribution in [0.15, 0.2) is 28.2 Å². The highest BCUT2D eigenvalue weighted by atomic mass is 32.2. The number of fused-ring (bicyclic) bond motifs is 1. The van der Waals surface area contributed by atoms with Gasteiger partial charge in [0.25, 0.3) is 5.56 Å². The Morgan fingerprint density at radius 3 is 2.77 bits per heavy atom. The van der Waals surface area contributed by atoms with Crippen molar-refractivity contribution in [3.63, 3.8) is 0 Å². The Kier molecular flexibility index (Phi) is 5.51. The van der Waals surface area contributed by atoms with Crippen molar-refractivity contribution in [2.45, 2.75) is 30.8 Å². The van der Waals surface area contributed by atoms with Gasteiger partial charge in [-0.25, -0.2) is 4.98 Å². The van der Waals surface area contributed by atoms with E-state index < -0.39 is 5.92 Å². The number of hydrogen-bond donors (Lipinski definition) is 2. The third kappa shape index (κ3) is 3.41. The minimum absolute atomic E-state index is 0.142. The van der Waals surface area contributed by atoms with E-state index in [-0.39, 0.29) is 17.9 Å². The third-order valence-electron chi connectivity index (χ3n) is 4.18. The highest BCUT2D eigenvalue weighted by Gasteiger charge is 2.33. The molecule has 2 N–H and O–H groups in total. The van der Waals surface area contributed by atoms with E-state index >= 15 is 0 Å². The summed E-state index contributed by atoms with van der Waals surface area (Å²) in [7, 11) is 3.09. The number of nitrogens with one attached hydrogen (secondary N) is 2. The van der Waals surface area contributed by atoms with Gasteiger partial charge in [-0.05, 0) is 12.5 Å². The summed E-state index contributed by atoms with van der Waals surface area (Å²) in [5.41, 5.74) is 0.921. The molecule has 0 saturated heterocycles. The van der Waals surface area contributed by atoms with Gasteiger partial charge < -0.3 is 19.8 Å². The first kappa shape index (κ1) is 18.3. The van der Waals surface area contributed by atoms with Crippen molar-refractivity contribution in [2.75, 3.05) is 25.3 Å². The number of thioether (sulfide) groups is 1. The van der Waals surface area contributed by atoms with Crippen molar-refractivity contribution in [1.29, 1.82) is 0 Å². The third-order valence-corrected chi connectivity index (χ3v) is 5.26. The predicted molar refractivity (Wildman–Crippen MR) is 101 cm³/mol. The van der Waals surface area contributed by atoms with Gasteiger partial charge in [-0.3, -0.25) is 9.59 Å². The number of rotatable bonds is 6. The number of nitrogens with zero attached hydrogens (tertiary/aromatic N) is 1. The standard InChI is InChI=1S/C18H21N3O4S/c1-4-8-26-18-20-16-14(17(23)21-18)11(9-13(22)19-16)10-6-5-7-12(24-2)15(10)25-3/h5-7,11H,4,8-9H2,1-3H3,(H2,19,20,21,22,23)/t11-/m1/s1. The second kappa shape index (κ2) is 7.82. The number of carbonyl (C=O) groups is 1. The number of aromatic nitrogens is 2. The van der Waals surface area contributed by atoms with Crippen LogP contribution in [0.3, 0.4) is 0 Å². The maximum Gasteiger partial charge on any atom is 0.257 e. The first-order chi connectivity index (χ1) is 12.6. The Balaban J connectivity index is 2.13. The maximum absolute atomic E-state index is 12.8. The second-order valence-electron chi connectivity index (χ2n) is 5.87. The van der Waals surface area contributed by atoms with Gasteiger partial charge in [-0.15, -0.1) is 0 Å². The number of aromatic amines is 1. The van der Waals surface area contributed by atoms with Gasteiger partial charge in [-0.1, -0.05) is 30.8 Å². The summed E-state index contributed by atoms with van der Waals surface area (Å²) >= 11 is 1.46. The van der Waals surface area contributed by atoms with E-state index in [1.54, 1.807) is 13.2 Å². The molecule has 1 aromatic heterocycles. The van der Waals surface area contributed by atoms with Gasteiger partial charge in [-0.2, -0.15) is 0 Å². The molecule has 2 heterocycles. The molecule has 1 aromatic carbocycles. The van der Waals surface area contributed by atoms with E-state index in [0.717, 1.165) is 17.7 Å². The van der Waals surface area contributed by atoms with Crippen molar-refractivity contribution in [3.8, 4) is 11.5 Å². The molecule has 0 bridgehead atoms. The van der Waals surface area contributed by atoms with Gasteiger partial charge >= 0.3 is 0 Å². The molecule has 3 rings (SSSR count). The minimum atomic E-state index is -0.453. The second-order valence-corrected chi connectivity index (χ2v) is 6.95. The van der Waals surface area contributed by atoms with Crippen LogP contribution in [0, 0.1) is 0 Å². The van der Waals surface area contributed by atoms with Gasteiger partial charge in [0.05, 0.1) is 19.8 Å². The molecule has 1 amide bonds. The molecule has 1 aliphatic heterocycles. The normalized spacial score (nSPS) is 16.0. The molecule has 0 aliphatic carbocycles. The predicted octanol–water partition coefficient (Wildman–Crippen LogP) is 2.76. The summed E-state index contributed by atoms with van der Waals surface area (Å²) in [6, 6.07) is 5.43. The van der Waals surface area contributed by atoms with Crippen molar-refractivity contribution in [1.82, 2.24) is 9.97 Å². The minimum Gasteiger partial charge on any atom is -0.493 e. The number of carbonyl (C=O) groups excluding carboxylic acids is 1. The molecule has 2 aromatic rings. The number of ether oxygens (including phenoxy) is 2. The average Bonchev–Trinajstić information content (AvgIpc) is 2.64. The molecule has 1 atom stereocenters. The van der Waals surface area contributed by atoms with Gasteiger partial charge in [0.2, 0.25) is 5.91 Å².